The summed E-state index contributed by atoms with van der Waals surface area (Å²) in [4.78, 5) is 12.4. The van der Waals surface area contributed by atoms with Gasteiger partial charge in [-0.2, -0.15) is 13.2 Å². The van der Waals surface area contributed by atoms with E-state index in [1.807, 2.05) is 0 Å². The second-order valence-corrected chi connectivity index (χ2v) is 5.55. The monoisotopic (exact) mass is 284 g/mol. The Balaban J connectivity index is 2.19. The predicted molar refractivity (Wildman–Crippen MR) is 71.5 cm³/mol. The summed E-state index contributed by atoms with van der Waals surface area (Å²) in [6.45, 7) is 0. The van der Waals surface area contributed by atoms with Gasteiger partial charge in [-0.3, -0.25) is 4.79 Å². The van der Waals surface area contributed by atoms with Gasteiger partial charge in [0.2, 0.25) is 0 Å². The normalized spacial score (nSPS) is 18.8. The average molecular weight is 284 g/mol. The van der Waals surface area contributed by atoms with Crippen molar-refractivity contribution in [1.82, 2.24) is 0 Å². The van der Waals surface area contributed by atoms with Crippen molar-refractivity contribution in [2.45, 2.75) is 44.7 Å². The first kappa shape index (κ1) is 15.1. The van der Waals surface area contributed by atoms with E-state index < -0.39 is 18.5 Å². The van der Waals surface area contributed by atoms with Crippen molar-refractivity contribution >= 4 is 5.78 Å². The molecule has 0 radical (unpaired) electrons. The molecule has 1 nitrogen and oxygen atoms in total. The van der Waals surface area contributed by atoms with E-state index in [4.69, 9.17) is 0 Å². The third kappa shape index (κ3) is 4.09. The van der Waals surface area contributed by atoms with Crippen LogP contribution in [0.4, 0.5) is 13.2 Å². The number of hydrogen-bond acceptors (Lipinski definition) is 1. The van der Waals surface area contributed by atoms with Crippen molar-refractivity contribution in [3.8, 4) is 0 Å². The largest absolute Gasteiger partial charge is 0.389 e. The molecule has 0 spiro atoms. The Hall–Kier alpha value is -1.32. The Bertz CT molecular complexity index is 433. The molecule has 1 aromatic rings. The van der Waals surface area contributed by atoms with E-state index in [0.29, 0.717) is 5.56 Å². The van der Waals surface area contributed by atoms with Gasteiger partial charge in [0.25, 0.3) is 0 Å². The Morgan fingerprint density at radius 3 is 2.25 bits per heavy atom. The summed E-state index contributed by atoms with van der Waals surface area (Å²) in [6, 6.07) is 8.36. The van der Waals surface area contributed by atoms with Crippen LogP contribution in [-0.2, 0) is 0 Å². The van der Waals surface area contributed by atoms with Crippen molar-refractivity contribution < 1.29 is 18.0 Å². The Morgan fingerprint density at radius 1 is 1.10 bits per heavy atom. The molecule has 0 aromatic heterocycles. The molecule has 0 bridgehead atoms. The molecule has 0 saturated heterocycles. The number of Topliss-reactive ketones (excluding diaryl/α,β-unsaturated/α-hetero) is 1. The molecule has 110 valence electrons. The summed E-state index contributed by atoms with van der Waals surface area (Å²) < 4.78 is 38.4. The summed E-state index contributed by atoms with van der Waals surface area (Å²) in [6.07, 6.45) is -0.881. The third-order valence-electron chi connectivity index (χ3n) is 4.07. The lowest BCUT2D eigenvalue weighted by atomic mass is 9.75. The van der Waals surface area contributed by atoms with E-state index in [9.17, 15) is 18.0 Å². The van der Waals surface area contributed by atoms with Gasteiger partial charge in [-0.15, -0.1) is 0 Å². The standard InChI is InChI=1S/C16H19F3O/c17-16(18,19)11-14(12-7-3-1-4-8-12)15(20)13-9-5-2-6-10-13/h2,5-6,9-10,12,14H,1,3-4,7-8,11H2. The second kappa shape index (κ2) is 6.42. The van der Waals surface area contributed by atoms with Gasteiger partial charge in [-0.1, -0.05) is 49.6 Å². The lowest BCUT2D eigenvalue weighted by Crippen LogP contribution is -2.30. The first-order valence-corrected chi connectivity index (χ1v) is 7.13. The minimum absolute atomic E-state index is 0.127. The van der Waals surface area contributed by atoms with Crippen LogP contribution in [0.15, 0.2) is 30.3 Å². The van der Waals surface area contributed by atoms with Gasteiger partial charge in [0.05, 0.1) is 6.42 Å². The first-order chi connectivity index (χ1) is 9.47. The van der Waals surface area contributed by atoms with Crippen molar-refractivity contribution in [1.29, 1.82) is 0 Å². The average Bonchev–Trinajstić information content (AvgIpc) is 2.45. The lowest BCUT2D eigenvalue weighted by Gasteiger charge is -2.30. The number of alkyl halides is 3. The first-order valence-electron chi connectivity index (χ1n) is 7.13. The number of carbonyl (C=O) groups is 1. The molecule has 1 aliphatic carbocycles. The summed E-state index contributed by atoms with van der Waals surface area (Å²) in [5, 5.41) is 0. The van der Waals surface area contributed by atoms with Crippen LogP contribution in [-0.4, -0.2) is 12.0 Å². The molecular weight excluding hydrogens is 265 g/mol. The smallest absolute Gasteiger partial charge is 0.294 e. The van der Waals surface area contributed by atoms with Crippen LogP contribution >= 0.6 is 0 Å². The van der Waals surface area contributed by atoms with Gasteiger partial charge >= 0.3 is 6.18 Å². The third-order valence-corrected chi connectivity index (χ3v) is 4.07. The molecule has 2 rings (SSSR count). The lowest BCUT2D eigenvalue weighted by molar-refractivity contribution is -0.145. The van der Waals surface area contributed by atoms with Gasteiger partial charge < -0.3 is 0 Å². The fourth-order valence-corrected chi connectivity index (χ4v) is 3.08. The molecule has 0 aliphatic heterocycles. The zero-order chi connectivity index (χ0) is 14.6. The molecule has 1 aliphatic rings. The highest BCUT2D eigenvalue weighted by Gasteiger charge is 2.39. The van der Waals surface area contributed by atoms with E-state index in [1.54, 1.807) is 30.3 Å². The fourth-order valence-electron chi connectivity index (χ4n) is 3.08. The molecule has 20 heavy (non-hydrogen) atoms. The van der Waals surface area contributed by atoms with Crippen molar-refractivity contribution in [3.63, 3.8) is 0 Å². The highest BCUT2D eigenvalue weighted by atomic mass is 19.4. The molecule has 1 atom stereocenters. The number of benzene rings is 1. The number of rotatable bonds is 4. The molecular formula is C16H19F3O. The van der Waals surface area contributed by atoms with Crippen LogP contribution in [0.5, 0.6) is 0 Å². The van der Waals surface area contributed by atoms with Gasteiger partial charge in [0, 0.05) is 11.5 Å². The van der Waals surface area contributed by atoms with Gasteiger partial charge in [0.15, 0.2) is 5.78 Å². The molecule has 1 unspecified atom stereocenters. The zero-order valence-corrected chi connectivity index (χ0v) is 11.3. The second-order valence-electron chi connectivity index (χ2n) is 5.55. The van der Waals surface area contributed by atoms with E-state index in [0.717, 1.165) is 32.1 Å². The molecule has 0 N–H and O–H groups in total. The quantitative estimate of drug-likeness (QED) is 0.710. The highest BCUT2D eigenvalue weighted by molar-refractivity contribution is 5.98. The van der Waals surface area contributed by atoms with Crippen LogP contribution < -0.4 is 0 Å². The maximum atomic E-state index is 12.8. The van der Waals surface area contributed by atoms with Crippen molar-refractivity contribution in [3.05, 3.63) is 35.9 Å². The number of carbonyl (C=O) groups excluding carboxylic acids is 1. The molecule has 0 heterocycles. The van der Waals surface area contributed by atoms with Crippen LogP contribution in [0.1, 0.15) is 48.9 Å². The van der Waals surface area contributed by atoms with Gasteiger partial charge in [-0.25, -0.2) is 0 Å². The topological polar surface area (TPSA) is 17.1 Å². The maximum absolute atomic E-state index is 12.8. The maximum Gasteiger partial charge on any atom is 0.389 e. The Morgan fingerprint density at radius 2 is 1.70 bits per heavy atom. The predicted octanol–water partition coefficient (Wildman–Crippen LogP) is 5.02. The molecule has 4 heteroatoms. The Kier molecular flexibility index (Phi) is 4.84. The van der Waals surface area contributed by atoms with Crippen LogP contribution in [0.3, 0.4) is 0 Å². The minimum Gasteiger partial charge on any atom is -0.294 e. The number of ketones is 1. The number of halogens is 3. The van der Waals surface area contributed by atoms with E-state index >= 15 is 0 Å². The summed E-state index contributed by atoms with van der Waals surface area (Å²) in [7, 11) is 0. The van der Waals surface area contributed by atoms with Crippen LogP contribution in [0.25, 0.3) is 0 Å². The number of hydrogen-bond donors (Lipinski definition) is 0. The zero-order valence-electron chi connectivity index (χ0n) is 11.3. The highest BCUT2D eigenvalue weighted by Crippen LogP contribution is 2.38. The van der Waals surface area contributed by atoms with Crippen molar-refractivity contribution in [2.75, 3.05) is 0 Å². The van der Waals surface area contributed by atoms with Gasteiger partial charge in [0.1, 0.15) is 0 Å². The SMILES string of the molecule is O=C(c1ccccc1)C(CC(F)(F)F)C1CCCCC1. The Labute approximate surface area is 117 Å². The van der Waals surface area contributed by atoms with E-state index in [1.165, 1.54) is 0 Å². The summed E-state index contributed by atoms with van der Waals surface area (Å²) >= 11 is 0. The van der Waals surface area contributed by atoms with Crippen molar-refractivity contribution in [2.24, 2.45) is 11.8 Å². The van der Waals surface area contributed by atoms with E-state index in [2.05, 4.69) is 0 Å². The molecule has 1 saturated carbocycles. The molecule has 0 amide bonds. The fraction of sp³-hybridized carbons (Fsp3) is 0.562. The summed E-state index contributed by atoms with van der Waals surface area (Å²) in [5.41, 5.74) is 0.396. The molecule has 1 aromatic carbocycles. The van der Waals surface area contributed by atoms with Gasteiger partial charge in [-0.05, 0) is 18.8 Å². The van der Waals surface area contributed by atoms with Crippen LogP contribution in [0.2, 0.25) is 0 Å². The summed E-state index contributed by atoms with van der Waals surface area (Å²) in [5.74, 6) is -1.40. The molecule has 1 fully saturated rings. The minimum atomic E-state index is -4.29. The van der Waals surface area contributed by atoms with Crippen LogP contribution in [0, 0.1) is 11.8 Å². The van der Waals surface area contributed by atoms with E-state index in [-0.39, 0.29) is 11.7 Å².